The third kappa shape index (κ3) is 4.17. The van der Waals surface area contributed by atoms with Gasteiger partial charge < -0.3 is 19.6 Å². The molecule has 3 aromatic heterocycles. The summed E-state index contributed by atoms with van der Waals surface area (Å²) in [5, 5.41) is 17.0. The van der Waals surface area contributed by atoms with E-state index in [9.17, 15) is 9.50 Å². The molecule has 0 atom stereocenters. The van der Waals surface area contributed by atoms with Crippen molar-refractivity contribution in [2.24, 2.45) is 7.05 Å². The van der Waals surface area contributed by atoms with Crippen LogP contribution in [0.2, 0.25) is 0 Å². The first-order chi connectivity index (χ1) is 15.0. The Hall–Kier alpha value is -3.23. The summed E-state index contributed by atoms with van der Waals surface area (Å²) in [7, 11) is 3.74. The number of ether oxygens (including phenoxy) is 1. The summed E-state index contributed by atoms with van der Waals surface area (Å²) in [6, 6.07) is 8.47. The summed E-state index contributed by atoms with van der Waals surface area (Å²) in [6.07, 6.45) is 4.40. The molecule has 8 heteroatoms. The fourth-order valence-electron chi connectivity index (χ4n) is 3.79. The van der Waals surface area contributed by atoms with Gasteiger partial charge in [-0.1, -0.05) is 0 Å². The normalized spacial score (nSPS) is 11.4. The lowest BCUT2D eigenvalue weighted by Crippen LogP contribution is -2.07. The van der Waals surface area contributed by atoms with Crippen LogP contribution in [0.3, 0.4) is 0 Å². The zero-order valence-corrected chi connectivity index (χ0v) is 17.9. The Kier molecular flexibility index (Phi) is 6.01. The third-order valence-electron chi connectivity index (χ3n) is 5.50. The van der Waals surface area contributed by atoms with E-state index in [4.69, 9.17) is 4.74 Å². The molecule has 0 unspecified atom stereocenters. The van der Waals surface area contributed by atoms with Crippen molar-refractivity contribution >= 4 is 5.65 Å². The molecule has 0 saturated heterocycles. The first-order valence-electron chi connectivity index (χ1n) is 10.2. The maximum absolute atomic E-state index is 14.0. The number of benzene rings is 1. The van der Waals surface area contributed by atoms with Gasteiger partial charge in [-0.3, -0.25) is 4.68 Å². The van der Waals surface area contributed by atoms with E-state index in [0.29, 0.717) is 31.0 Å². The molecule has 0 spiro atoms. The summed E-state index contributed by atoms with van der Waals surface area (Å²) < 4.78 is 23.8. The van der Waals surface area contributed by atoms with E-state index >= 15 is 0 Å². The third-order valence-corrected chi connectivity index (χ3v) is 5.50. The van der Waals surface area contributed by atoms with E-state index in [0.717, 1.165) is 33.7 Å². The van der Waals surface area contributed by atoms with Crippen LogP contribution >= 0.6 is 0 Å². The number of imidazole rings is 1. The van der Waals surface area contributed by atoms with Crippen LogP contribution in [0.1, 0.15) is 22.6 Å². The Balaban J connectivity index is 1.61. The Morgan fingerprint density at radius 1 is 1.23 bits per heavy atom. The summed E-state index contributed by atoms with van der Waals surface area (Å²) >= 11 is 0. The number of pyridine rings is 1. The second kappa shape index (κ2) is 8.87. The van der Waals surface area contributed by atoms with E-state index in [-0.39, 0.29) is 12.4 Å². The molecule has 0 amide bonds. The minimum atomic E-state index is -0.355. The average Bonchev–Trinajstić information content (AvgIpc) is 3.29. The van der Waals surface area contributed by atoms with Gasteiger partial charge in [0.1, 0.15) is 17.2 Å². The molecule has 0 aliphatic heterocycles. The molecule has 1 aromatic carbocycles. The van der Waals surface area contributed by atoms with Crippen LogP contribution in [-0.2, 0) is 26.6 Å². The fourth-order valence-corrected chi connectivity index (χ4v) is 3.79. The van der Waals surface area contributed by atoms with Crippen LogP contribution in [0.4, 0.5) is 4.39 Å². The van der Waals surface area contributed by atoms with Crippen LogP contribution in [0.15, 0.2) is 42.7 Å². The molecule has 2 N–H and O–H groups in total. The number of rotatable bonds is 8. The molecular weight excluding hydrogens is 397 g/mol. The second-order valence-electron chi connectivity index (χ2n) is 7.46. The van der Waals surface area contributed by atoms with Crippen LogP contribution in [0.5, 0.6) is 5.75 Å². The van der Waals surface area contributed by atoms with Gasteiger partial charge in [0.05, 0.1) is 30.8 Å². The highest BCUT2D eigenvalue weighted by atomic mass is 19.1. The highest BCUT2D eigenvalue weighted by Crippen LogP contribution is 2.31. The minimum Gasteiger partial charge on any atom is -0.492 e. The van der Waals surface area contributed by atoms with E-state index in [1.807, 2.05) is 49.9 Å². The van der Waals surface area contributed by atoms with Gasteiger partial charge in [0, 0.05) is 54.7 Å². The average molecular weight is 423 g/mol. The summed E-state index contributed by atoms with van der Waals surface area (Å²) in [5.74, 6) is 0.119. The molecule has 4 rings (SSSR count). The molecule has 31 heavy (non-hydrogen) atoms. The molecular formula is C23H26FN5O2. The van der Waals surface area contributed by atoms with E-state index in [1.54, 1.807) is 10.7 Å². The van der Waals surface area contributed by atoms with E-state index < -0.39 is 0 Å². The predicted molar refractivity (Wildman–Crippen MR) is 116 cm³/mol. The molecule has 0 radical (unpaired) electrons. The Morgan fingerprint density at radius 3 is 2.84 bits per heavy atom. The highest BCUT2D eigenvalue weighted by molar-refractivity contribution is 5.71. The minimum absolute atomic E-state index is 0.123. The van der Waals surface area contributed by atoms with Crippen LogP contribution in [0.25, 0.3) is 16.8 Å². The number of hydrogen-bond donors (Lipinski definition) is 2. The lowest BCUT2D eigenvalue weighted by atomic mass is 10.1. The van der Waals surface area contributed by atoms with E-state index in [1.165, 1.54) is 12.1 Å². The zero-order chi connectivity index (χ0) is 22.0. The van der Waals surface area contributed by atoms with Gasteiger partial charge in [-0.2, -0.15) is 5.10 Å². The van der Waals surface area contributed by atoms with Crippen molar-refractivity contribution in [3.63, 3.8) is 0 Å². The number of aromatic nitrogens is 4. The van der Waals surface area contributed by atoms with Gasteiger partial charge in [-0.25, -0.2) is 9.37 Å². The molecule has 0 bridgehead atoms. The number of fused-ring (bicyclic) bond motifs is 1. The summed E-state index contributed by atoms with van der Waals surface area (Å²) in [5.41, 5.74) is 6.18. The van der Waals surface area contributed by atoms with Gasteiger partial charge in [-0.15, -0.1) is 0 Å². The largest absolute Gasteiger partial charge is 0.492 e. The van der Waals surface area contributed by atoms with E-state index in [2.05, 4.69) is 15.4 Å². The van der Waals surface area contributed by atoms with Crippen molar-refractivity contribution in [2.45, 2.75) is 26.5 Å². The number of aliphatic hydroxyl groups excluding tert-OH is 1. The standard InChI is InChI=1S/C23H26FN5O2/c1-15-19(21(14-30)27-28(15)3)8-9-31-22-10-17(24)5-6-20(22)16-4-7-23-26-12-18(11-25-2)29(23)13-16/h4-7,10,12-13,25,30H,8-9,11,14H2,1-3H3. The number of hydrogen-bond acceptors (Lipinski definition) is 5. The van der Waals surface area contributed by atoms with Crippen molar-refractivity contribution in [3.05, 3.63) is 71.2 Å². The highest BCUT2D eigenvalue weighted by Gasteiger charge is 2.14. The molecule has 0 aliphatic carbocycles. The molecule has 0 saturated carbocycles. The van der Waals surface area contributed by atoms with Gasteiger partial charge in [0.2, 0.25) is 0 Å². The first kappa shape index (κ1) is 21.0. The number of nitrogens with one attached hydrogen (secondary N) is 1. The fraction of sp³-hybridized carbons (Fsp3) is 0.304. The molecule has 162 valence electrons. The maximum atomic E-state index is 14.0. The van der Waals surface area contributed by atoms with Gasteiger partial charge in [0.25, 0.3) is 0 Å². The lowest BCUT2D eigenvalue weighted by molar-refractivity contribution is 0.272. The smallest absolute Gasteiger partial charge is 0.136 e. The van der Waals surface area contributed by atoms with Crippen LogP contribution in [0, 0.1) is 12.7 Å². The SMILES string of the molecule is CNCc1cnc2ccc(-c3ccc(F)cc3OCCc3c(CO)nn(C)c3C)cn12. The lowest BCUT2D eigenvalue weighted by Gasteiger charge is -2.13. The molecule has 4 aromatic rings. The van der Waals surface area contributed by atoms with Crippen LogP contribution < -0.4 is 10.1 Å². The van der Waals surface area contributed by atoms with Crippen molar-refractivity contribution in [3.8, 4) is 16.9 Å². The molecule has 0 aliphatic rings. The van der Waals surface area contributed by atoms with Gasteiger partial charge in [0.15, 0.2) is 0 Å². The molecule has 3 heterocycles. The molecule has 7 nitrogen and oxygen atoms in total. The summed E-state index contributed by atoms with van der Waals surface area (Å²) in [4.78, 5) is 4.42. The number of nitrogens with zero attached hydrogens (tertiary/aromatic N) is 4. The van der Waals surface area contributed by atoms with Gasteiger partial charge >= 0.3 is 0 Å². The van der Waals surface area contributed by atoms with Crippen LogP contribution in [-0.4, -0.2) is 37.9 Å². The van der Waals surface area contributed by atoms with Crippen molar-refractivity contribution in [2.75, 3.05) is 13.7 Å². The zero-order valence-electron chi connectivity index (χ0n) is 17.9. The second-order valence-corrected chi connectivity index (χ2v) is 7.46. The number of aryl methyl sites for hydroxylation is 1. The number of aliphatic hydroxyl groups is 1. The summed E-state index contributed by atoms with van der Waals surface area (Å²) in [6.45, 7) is 2.86. The van der Waals surface area contributed by atoms with Gasteiger partial charge in [-0.05, 0) is 38.2 Å². The van der Waals surface area contributed by atoms with Crippen molar-refractivity contribution in [1.82, 2.24) is 24.5 Å². The number of halogens is 1. The Labute approximate surface area is 180 Å². The Morgan fingerprint density at radius 2 is 2.06 bits per heavy atom. The predicted octanol–water partition coefficient (Wildman–Crippen LogP) is 3.02. The quantitative estimate of drug-likeness (QED) is 0.456. The van der Waals surface area contributed by atoms with Crippen molar-refractivity contribution in [1.29, 1.82) is 0 Å². The monoisotopic (exact) mass is 423 g/mol. The Bertz CT molecular complexity index is 1210. The first-order valence-corrected chi connectivity index (χ1v) is 10.2. The van der Waals surface area contributed by atoms with Crippen molar-refractivity contribution < 1.29 is 14.2 Å². The maximum Gasteiger partial charge on any atom is 0.136 e. The topological polar surface area (TPSA) is 76.6 Å². The molecule has 0 fully saturated rings.